The molecule has 0 spiro atoms. The summed E-state index contributed by atoms with van der Waals surface area (Å²) in [4.78, 5) is 18.8. The molecule has 1 aliphatic carbocycles. The molecule has 5 rings (SSSR count). The number of thioether (sulfide) groups is 1. The number of amides is 1. The topological polar surface area (TPSA) is 80.5 Å². The first-order valence-electron chi connectivity index (χ1n) is 9.89. The maximum atomic E-state index is 15.0. The van der Waals surface area contributed by atoms with E-state index in [2.05, 4.69) is 26.2 Å². The van der Waals surface area contributed by atoms with Crippen molar-refractivity contribution >= 4 is 56.1 Å². The Hall–Kier alpha value is -1.74. The highest BCUT2D eigenvalue weighted by atomic mass is 79.9. The lowest BCUT2D eigenvalue weighted by Gasteiger charge is -2.38. The predicted octanol–water partition coefficient (Wildman–Crippen LogP) is 5.17. The predicted molar refractivity (Wildman–Crippen MR) is 123 cm³/mol. The maximum Gasteiger partial charge on any atom is 0.410 e. The zero-order valence-corrected chi connectivity index (χ0v) is 20.1. The van der Waals surface area contributed by atoms with Crippen LogP contribution in [-0.4, -0.2) is 46.5 Å². The zero-order chi connectivity index (χ0) is 22.0. The summed E-state index contributed by atoms with van der Waals surface area (Å²) in [6, 6.07) is 1.98. The minimum Gasteiger partial charge on any atom is -0.444 e. The van der Waals surface area contributed by atoms with E-state index in [0.29, 0.717) is 38.7 Å². The number of aromatic nitrogens is 1. The molecule has 3 aliphatic rings. The van der Waals surface area contributed by atoms with Crippen LogP contribution in [0.1, 0.15) is 32.8 Å². The fourth-order valence-corrected chi connectivity index (χ4v) is 5.11. The molecule has 0 unspecified atom stereocenters. The molecule has 2 aromatic rings. The minimum atomic E-state index is -0.533. The van der Waals surface area contributed by atoms with Gasteiger partial charge in [-0.15, -0.1) is 11.8 Å². The summed E-state index contributed by atoms with van der Waals surface area (Å²) in [5, 5.41) is 4.77. The molecule has 2 aliphatic heterocycles. The van der Waals surface area contributed by atoms with Gasteiger partial charge in [-0.3, -0.25) is 0 Å². The Bertz CT molecular complexity index is 1040. The molecule has 30 heavy (non-hydrogen) atoms. The first-order chi connectivity index (χ1) is 14.0. The van der Waals surface area contributed by atoms with Crippen LogP contribution in [0.15, 0.2) is 15.6 Å². The van der Waals surface area contributed by atoms with Gasteiger partial charge >= 0.3 is 6.09 Å². The first kappa shape index (κ1) is 21.5. The summed E-state index contributed by atoms with van der Waals surface area (Å²) in [5.41, 5.74) is 8.14. The van der Waals surface area contributed by atoms with Crippen LogP contribution in [0.5, 0.6) is 0 Å². The number of rotatable bonds is 3. The SMILES string of the molecule is CSc1nc2c(F)c(Br)c(C)cc2c(N[C@H]2[C@@H]3C[C@H]2N(C(=O)OC(C)(C)C)C3)c1N. The number of anilines is 2. The van der Waals surface area contributed by atoms with Crippen molar-refractivity contribution in [3.05, 3.63) is 21.9 Å². The summed E-state index contributed by atoms with van der Waals surface area (Å²) >= 11 is 4.69. The molecule has 9 heteroatoms. The third-order valence-electron chi connectivity index (χ3n) is 5.78. The number of nitrogens with one attached hydrogen (secondary N) is 1. The van der Waals surface area contributed by atoms with E-state index in [9.17, 15) is 9.18 Å². The van der Waals surface area contributed by atoms with Gasteiger partial charge in [0.1, 0.15) is 16.1 Å². The number of aryl methyl sites for hydroxylation is 1. The van der Waals surface area contributed by atoms with Gasteiger partial charge in [0, 0.05) is 17.8 Å². The Morgan fingerprint density at radius 2 is 2.17 bits per heavy atom. The lowest BCUT2D eigenvalue weighted by Crippen LogP contribution is -2.50. The van der Waals surface area contributed by atoms with Gasteiger partial charge in [-0.05, 0) is 67.9 Å². The Morgan fingerprint density at radius 3 is 2.80 bits per heavy atom. The maximum absolute atomic E-state index is 15.0. The van der Waals surface area contributed by atoms with Crippen LogP contribution >= 0.6 is 27.7 Å². The van der Waals surface area contributed by atoms with Crippen molar-refractivity contribution in [2.24, 2.45) is 5.92 Å². The summed E-state index contributed by atoms with van der Waals surface area (Å²) in [6.45, 7) is 8.08. The second kappa shape index (κ2) is 7.44. The van der Waals surface area contributed by atoms with Crippen LogP contribution in [0.4, 0.5) is 20.6 Å². The van der Waals surface area contributed by atoms with Gasteiger partial charge in [-0.2, -0.15) is 0 Å². The molecule has 2 bridgehead atoms. The number of carbonyl (C=O) groups is 1. The minimum absolute atomic E-state index is 0.0339. The van der Waals surface area contributed by atoms with Gasteiger partial charge in [0.15, 0.2) is 5.82 Å². The molecule has 162 valence electrons. The van der Waals surface area contributed by atoms with Gasteiger partial charge in [-0.1, -0.05) is 0 Å². The monoisotopic (exact) mass is 496 g/mol. The molecule has 6 nitrogen and oxygen atoms in total. The van der Waals surface area contributed by atoms with Crippen molar-refractivity contribution < 1.29 is 13.9 Å². The highest BCUT2D eigenvalue weighted by molar-refractivity contribution is 9.10. The van der Waals surface area contributed by atoms with Gasteiger partial charge in [0.05, 0.1) is 27.9 Å². The van der Waals surface area contributed by atoms with E-state index >= 15 is 0 Å². The quantitative estimate of drug-likeness (QED) is 0.570. The fourth-order valence-electron chi connectivity index (χ4n) is 4.30. The standard InChI is InChI=1S/C21H26BrFN4O2S/c1-9-6-11-17(14(23)13(9)22)26-19(30-5)15(24)18(11)25-16-10-7-12(16)27(8-10)20(28)29-21(2,3)4/h6,10,12,16H,7-8,24H2,1-5H3,(H,25,26)/t10-,12-,16+/m1/s1. The molecule has 0 radical (unpaired) electrons. The van der Waals surface area contributed by atoms with Crippen molar-refractivity contribution in [2.75, 3.05) is 23.9 Å². The molecule has 1 aromatic carbocycles. The number of carbonyl (C=O) groups excluding carboxylic acids is 1. The van der Waals surface area contributed by atoms with Crippen LogP contribution in [-0.2, 0) is 4.74 Å². The number of ether oxygens (including phenoxy) is 1. The largest absolute Gasteiger partial charge is 0.444 e. The van der Waals surface area contributed by atoms with Gasteiger partial charge in [0.25, 0.3) is 0 Å². The van der Waals surface area contributed by atoms with E-state index in [4.69, 9.17) is 10.5 Å². The normalized spacial score (nSPS) is 22.9. The van der Waals surface area contributed by atoms with E-state index in [0.717, 1.165) is 12.0 Å². The molecule has 3 fully saturated rings. The fraction of sp³-hybridized carbons (Fsp3) is 0.524. The van der Waals surface area contributed by atoms with Crippen LogP contribution < -0.4 is 11.1 Å². The molecule has 3 heterocycles. The number of hydrogen-bond acceptors (Lipinski definition) is 6. The number of nitrogens with two attached hydrogens (primary N) is 1. The Balaban J connectivity index is 1.68. The van der Waals surface area contributed by atoms with E-state index < -0.39 is 11.4 Å². The average Bonchev–Trinajstić information content (AvgIpc) is 3.24. The van der Waals surface area contributed by atoms with Crippen molar-refractivity contribution in [2.45, 2.75) is 56.8 Å². The molecular formula is C21H26BrFN4O2S. The molecule has 1 aromatic heterocycles. The molecule has 1 saturated carbocycles. The summed E-state index contributed by atoms with van der Waals surface area (Å²) in [6.07, 6.45) is 2.50. The Kier molecular flexibility index (Phi) is 5.33. The second-order valence-corrected chi connectivity index (χ2v) is 10.6. The third kappa shape index (κ3) is 3.49. The van der Waals surface area contributed by atoms with Crippen LogP contribution in [0.3, 0.4) is 0 Å². The highest BCUT2D eigenvalue weighted by Crippen LogP contribution is 2.46. The number of pyridine rings is 1. The summed E-state index contributed by atoms with van der Waals surface area (Å²) < 4.78 is 20.9. The van der Waals surface area contributed by atoms with Crippen LogP contribution in [0.2, 0.25) is 0 Å². The smallest absolute Gasteiger partial charge is 0.410 e. The number of hydrogen-bond donors (Lipinski definition) is 2. The van der Waals surface area contributed by atoms with Gasteiger partial charge < -0.3 is 20.7 Å². The van der Waals surface area contributed by atoms with Crippen molar-refractivity contribution in [1.29, 1.82) is 0 Å². The van der Waals surface area contributed by atoms with E-state index in [1.807, 2.05) is 40.0 Å². The molecule has 2 saturated heterocycles. The number of benzene rings is 1. The average molecular weight is 497 g/mol. The van der Waals surface area contributed by atoms with Crippen molar-refractivity contribution in [3.63, 3.8) is 0 Å². The first-order valence-corrected chi connectivity index (χ1v) is 11.9. The summed E-state index contributed by atoms with van der Waals surface area (Å²) in [5.74, 6) is -0.0837. The lowest BCUT2D eigenvalue weighted by atomic mass is 9.79. The van der Waals surface area contributed by atoms with Crippen LogP contribution in [0, 0.1) is 18.7 Å². The summed E-state index contributed by atoms with van der Waals surface area (Å²) in [7, 11) is 0. The van der Waals surface area contributed by atoms with Crippen molar-refractivity contribution in [3.8, 4) is 0 Å². The molecule has 3 atom stereocenters. The Morgan fingerprint density at radius 1 is 1.47 bits per heavy atom. The van der Waals surface area contributed by atoms with E-state index in [1.165, 1.54) is 11.8 Å². The third-order valence-corrected chi connectivity index (χ3v) is 7.45. The Labute approximate surface area is 188 Å². The van der Waals surface area contributed by atoms with Gasteiger partial charge in [-0.25, -0.2) is 14.2 Å². The lowest BCUT2D eigenvalue weighted by molar-refractivity contribution is 0.0239. The molecular weight excluding hydrogens is 471 g/mol. The number of fused-ring (bicyclic) bond motifs is 2. The van der Waals surface area contributed by atoms with Crippen LogP contribution in [0.25, 0.3) is 10.9 Å². The van der Waals surface area contributed by atoms with E-state index in [1.54, 1.807) is 4.90 Å². The second-order valence-electron chi connectivity index (χ2n) is 8.99. The number of nitrogen functional groups attached to an aromatic ring is 1. The molecule has 3 N–H and O–H groups in total. The highest BCUT2D eigenvalue weighted by Gasteiger charge is 2.55. The zero-order valence-electron chi connectivity index (χ0n) is 17.7. The van der Waals surface area contributed by atoms with E-state index in [-0.39, 0.29) is 23.7 Å². The van der Waals surface area contributed by atoms with Gasteiger partial charge in [0.2, 0.25) is 0 Å². The molecule has 1 amide bonds. The number of halogens is 2. The number of nitrogens with zero attached hydrogens (tertiary/aromatic N) is 2. The van der Waals surface area contributed by atoms with Crippen molar-refractivity contribution in [1.82, 2.24) is 9.88 Å².